The number of nitrogens with one attached hydrogen (secondary N) is 1. The fraction of sp³-hybridized carbons (Fsp3) is 0.333. The van der Waals surface area contributed by atoms with Gasteiger partial charge in [0.25, 0.3) is 0 Å². The van der Waals surface area contributed by atoms with Gasteiger partial charge >= 0.3 is 0 Å². The second-order valence-electron chi connectivity index (χ2n) is 2.51. The first-order chi connectivity index (χ1) is 5.24. The van der Waals surface area contributed by atoms with E-state index in [1.807, 2.05) is 0 Å². The van der Waals surface area contributed by atoms with Gasteiger partial charge < -0.3 is 5.32 Å². The molecule has 60 valence electrons. The maximum absolute atomic E-state index is 3.30. The zero-order valence-corrected chi connectivity index (χ0v) is 8.97. The van der Waals surface area contributed by atoms with Crippen molar-refractivity contribution in [2.24, 2.45) is 0 Å². The molecular weight excluding hydrogens is 249 g/mol. The number of aryl methyl sites for hydroxylation is 1. The molecule has 0 aliphatic rings. The first-order valence-electron chi connectivity index (χ1n) is 3.74. The molecule has 0 aromatic heterocycles. The molecule has 0 fully saturated rings. The summed E-state index contributed by atoms with van der Waals surface area (Å²) in [5.74, 6) is 0. The summed E-state index contributed by atoms with van der Waals surface area (Å²) in [5, 5.41) is 3.30. The van der Waals surface area contributed by atoms with Crippen LogP contribution in [0.1, 0.15) is 12.5 Å². The largest absolute Gasteiger partial charge is 0.384 e. The molecule has 0 aliphatic carbocycles. The predicted molar refractivity (Wildman–Crippen MR) is 58.1 cm³/mol. The van der Waals surface area contributed by atoms with E-state index in [1.165, 1.54) is 14.8 Å². The molecule has 0 radical (unpaired) electrons. The lowest BCUT2D eigenvalue weighted by Gasteiger charge is -2.05. The second-order valence-corrected chi connectivity index (χ2v) is 3.68. The Kier molecular flexibility index (Phi) is 3.17. The van der Waals surface area contributed by atoms with Crippen molar-refractivity contribution >= 4 is 28.3 Å². The zero-order chi connectivity index (χ0) is 8.27. The number of halogens is 1. The summed E-state index contributed by atoms with van der Waals surface area (Å²) in [4.78, 5) is 0. The van der Waals surface area contributed by atoms with Gasteiger partial charge in [0.1, 0.15) is 0 Å². The Hall–Kier alpha value is -0.250. The highest BCUT2D eigenvalue weighted by Gasteiger charge is 1.95. The molecule has 0 aliphatic heterocycles. The summed E-state index contributed by atoms with van der Waals surface area (Å²) in [6.45, 7) is 5.20. The zero-order valence-electron chi connectivity index (χ0n) is 6.82. The van der Waals surface area contributed by atoms with Crippen LogP contribution in [0.3, 0.4) is 0 Å². The Labute approximate surface area is 81.3 Å². The summed E-state index contributed by atoms with van der Waals surface area (Å²) in [6.07, 6.45) is 0. The molecule has 1 aromatic carbocycles. The van der Waals surface area contributed by atoms with Crippen molar-refractivity contribution in [1.29, 1.82) is 0 Å². The molecule has 1 N–H and O–H groups in total. The first kappa shape index (κ1) is 8.84. The molecule has 11 heavy (non-hydrogen) atoms. The van der Waals surface area contributed by atoms with Crippen LogP contribution in [0, 0.1) is 10.5 Å². The van der Waals surface area contributed by atoms with Gasteiger partial charge in [-0.2, -0.15) is 0 Å². The highest BCUT2D eigenvalue weighted by Crippen LogP contribution is 2.18. The van der Waals surface area contributed by atoms with Crippen LogP contribution < -0.4 is 5.32 Å². The van der Waals surface area contributed by atoms with Crippen molar-refractivity contribution in [2.75, 3.05) is 11.9 Å². The number of hydrogen-bond donors (Lipinski definition) is 1. The van der Waals surface area contributed by atoms with Crippen molar-refractivity contribution in [3.63, 3.8) is 0 Å². The Balaban J connectivity index is 2.90. The van der Waals surface area contributed by atoms with Gasteiger partial charge in [-0.25, -0.2) is 0 Å². The molecule has 0 saturated carbocycles. The van der Waals surface area contributed by atoms with Crippen LogP contribution in [-0.4, -0.2) is 6.54 Å². The second kappa shape index (κ2) is 3.95. The van der Waals surface area contributed by atoms with Crippen molar-refractivity contribution in [1.82, 2.24) is 0 Å². The Bertz CT molecular complexity index is 245. The van der Waals surface area contributed by atoms with Gasteiger partial charge in [0, 0.05) is 15.8 Å². The maximum atomic E-state index is 3.30. The van der Waals surface area contributed by atoms with E-state index >= 15 is 0 Å². The van der Waals surface area contributed by atoms with Gasteiger partial charge in [-0.1, -0.05) is 6.07 Å². The van der Waals surface area contributed by atoms with Gasteiger partial charge in [-0.15, -0.1) is 0 Å². The third-order valence-electron chi connectivity index (χ3n) is 1.49. The third kappa shape index (κ3) is 2.36. The van der Waals surface area contributed by atoms with Crippen LogP contribution in [0.15, 0.2) is 18.2 Å². The lowest BCUT2D eigenvalue weighted by molar-refractivity contribution is 1.20. The lowest BCUT2D eigenvalue weighted by atomic mass is 10.2. The van der Waals surface area contributed by atoms with Gasteiger partial charge in [-0.05, 0) is 54.1 Å². The van der Waals surface area contributed by atoms with Crippen LogP contribution in [-0.2, 0) is 0 Å². The van der Waals surface area contributed by atoms with Crippen LogP contribution in [0.2, 0.25) is 0 Å². The van der Waals surface area contributed by atoms with E-state index in [-0.39, 0.29) is 0 Å². The van der Waals surface area contributed by atoms with Crippen LogP contribution in [0.25, 0.3) is 0 Å². The molecule has 0 bridgehead atoms. The number of hydrogen-bond acceptors (Lipinski definition) is 1. The van der Waals surface area contributed by atoms with Crippen LogP contribution in [0.5, 0.6) is 0 Å². The first-order valence-corrected chi connectivity index (χ1v) is 4.82. The minimum absolute atomic E-state index is 0.985. The number of rotatable bonds is 2. The minimum Gasteiger partial charge on any atom is -0.384 e. The molecule has 1 rings (SSSR count). The van der Waals surface area contributed by atoms with Crippen molar-refractivity contribution in [2.45, 2.75) is 13.8 Å². The summed E-state index contributed by atoms with van der Waals surface area (Å²) in [5.41, 5.74) is 2.55. The van der Waals surface area contributed by atoms with Crippen LogP contribution >= 0.6 is 22.6 Å². The van der Waals surface area contributed by atoms with Gasteiger partial charge in [0.15, 0.2) is 0 Å². The molecule has 0 saturated heterocycles. The third-order valence-corrected chi connectivity index (χ3v) is 2.38. The molecule has 0 heterocycles. The highest BCUT2D eigenvalue weighted by molar-refractivity contribution is 14.1. The predicted octanol–water partition coefficient (Wildman–Crippen LogP) is 3.03. The molecule has 0 atom stereocenters. The molecule has 0 unspecified atom stereocenters. The summed E-state index contributed by atoms with van der Waals surface area (Å²) in [7, 11) is 0. The van der Waals surface area contributed by atoms with E-state index in [0.29, 0.717) is 0 Å². The average molecular weight is 261 g/mol. The van der Waals surface area contributed by atoms with Crippen molar-refractivity contribution in [3.8, 4) is 0 Å². The fourth-order valence-electron chi connectivity index (χ4n) is 0.954. The average Bonchev–Trinajstić information content (AvgIpc) is 1.95. The molecule has 2 heteroatoms. The summed E-state index contributed by atoms with van der Waals surface area (Å²) < 4.78 is 1.30. The SMILES string of the molecule is CCNc1ccc(C)cc1I. The maximum Gasteiger partial charge on any atom is 0.0475 e. The Morgan fingerprint density at radius 3 is 2.73 bits per heavy atom. The van der Waals surface area contributed by atoms with E-state index < -0.39 is 0 Å². The van der Waals surface area contributed by atoms with E-state index in [0.717, 1.165) is 6.54 Å². The van der Waals surface area contributed by atoms with Crippen molar-refractivity contribution < 1.29 is 0 Å². The highest BCUT2D eigenvalue weighted by atomic mass is 127. The minimum atomic E-state index is 0.985. The standard InChI is InChI=1S/C9H12IN/c1-3-11-9-5-4-7(2)6-8(9)10/h4-6,11H,3H2,1-2H3. The quantitative estimate of drug-likeness (QED) is 0.807. The van der Waals surface area contributed by atoms with E-state index in [4.69, 9.17) is 0 Å². The molecular formula is C9H12IN. The Morgan fingerprint density at radius 1 is 1.45 bits per heavy atom. The summed E-state index contributed by atoms with van der Waals surface area (Å²) >= 11 is 2.35. The molecule has 1 nitrogen and oxygen atoms in total. The molecule has 1 aromatic rings. The Morgan fingerprint density at radius 2 is 2.18 bits per heavy atom. The topological polar surface area (TPSA) is 12.0 Å². The number of benzene rings is 1. The smallest absolute Gasteiger partial charge is 0.0475 e. The summed E-state index contributed by atoms with van der Waals surface area (Å²) in [6, 6.07) is 6.43. The van der Waals surface area contributed by atoms with Gasteiger partial charge in [0.2, 0.25) is 0 Å². The van der Waals surface area contributed by atoms with Crippen LogP contribution in [0.4, 0.5) is 5.69 Å². The molecule has 0 amide bonds. The monoisotopic (exact) mass is 261 g/mol. The van der Waals surface area contributed by atoms with E-state index in [9.17, 15) is 0 Å². The fourth-order valence-corrected chi connectivity index (χ4v) is 1.82. The van der Waals surface area contributed by atoms with Gasteiger partial charge in [0.05, 0.1) is 0 Å². The normalized spacial score (nSPS) is 9.73. The number of anilines is 1. The van der Waals surface area contributed by atoms with Gasteiger partial charge in [-0.3, -0.25) is 0 Å². The van der Waals surface area contributed by atoms with Crippen molar-refractivity contribution in [3.05, 3.63) is 27.3 Å². The van der Waals surface area contributed by atoms with E-state index in [1.54, 1.807) is 0 Å². The van der Waals surface area contributed by atoms with E-state index in [2.05, 4.69) is 60.0 Å². The lowest BCUT2D eigenvalue weighted by Crippen LogP contribution is -1.98. The molecule has 0 spiro atoms.